The van der Waals surface area contributed by atoms with Crippen molar-refractivity contribution in [3.63, 3.8) is 0 Å². The topological polar surface area (TPSA) is 45.5 Å². The third-order valence-corrected chi connectivity index (χ3v) is 4.34. The molecule has 19 heavy (non-hydrogen) atoms. The van der Waals surface area contributed by atoms with Crippen LogP contribution in [0.15, 0.2) is 24.5 Å². The summed E-state index contributed by atoms with van der Waals surface area (Å²) in [7, 11) is 4.36. The lowest BCUT2D eigenvalue weighted by atomic mass is 9.96. The molecule has 102 valence electrons. The van der Waals surface area contributed by atoms with E-state index in [1.54, 1.807) is 10.7 Å². The van der Waals surface area contributed by atoms with E-state index >= 15 is 0 Å². The highest BCUT2D eigenvalue weighted by Crippen LogP contribution is 2.33. The van der Waals surface area contributed by atoms with Gasteiger partial charge in [-0.1, -0.05) is 12.8 Å². The quantitative estimate of drug-likeness (QED) is 0.912. The van der Waals surface area contributed by atoms with Gasteiger partial charge in [0, 0.05) is 24.3 Å². The third kappa shape index (κ3) is 2.30. The Bertz CT molecular complexity index is 554. The van der Waals surface area contributed by atoms with E-state index in [0.29, 0.717) is 0 Å². The van der Waals surface area contributed by atoms with Crippen LogP contribution in [0.3, 0.4) is 0 Å². The van der Waals surface area contributed by atoms with Crippen LogP contribution in [0.5, 0.6) is 0 Å². The molecule has 0 atom stereocenters. The zero-order valence-corrected chi connectivity index (χ0v) is 11.6. The predicted molar refractivity (Wildman–Crippen MR) is 76.4 cm³/mol. The van der Waals surface area contributed by atoms with Crippen molar-refractivity contribution in [1.29, 1.82) is 0 Å². The van der Waals surface area contributed by atoms with Gasteiger partial charge in [0.1, 0.15) is 5.82 Å². The minimum atomic E-state index is 0.286. The third-order valence-electron chi connectivity index (χ3n) is 4.34. The Morgan fingerprint density at radius 1 is 1.32 bits per heavy atom. The number of likely N-dealkylation sites (N-methyl/N-ethyl adjacent to an activating group) is 1. The van der Waals surface area contributed by atoms with E-state index in [1.165, 1.54) is 25.7 Å². The summed E-state index contributed by atoms with van der Waals surface area (Å²) in [5.41, 5.74) is 1.17. The molecule has 3 rings (SSSR count). The van der Waals surface area contributed by atoms with Crippen molar-refractivity contribution in [1.82, 2.24) is 19.5 Å². The summed E-state index contributed by atoms with van der Waals surface area (Å²) in [6, 6.07) is 3.90. The summed E-state index contributed by atoms with van der Waals surface area (Å²) in [4.78, 5) is 6.92. The second kappa shape index (κ2) is 4.81. The maximum atomic E-state index is 4.56. The van der Waals surface area contributed by atoms with Crippen LogP contribution >= 0.6 is 0 Å². The van der Waals surface area contributed by atoms with Crippen molar-refractivity contribution in [3.8, 4) is 0 Å². The van der Waals surface area contributed by atoms with Crippen molar-refractivity contribution >= 4 is 11.5 Å². The van der Waals surface area contributed by atoms with E-state index in [9.17, 15) is 0 Å². The van der Waals surface area contributed by atoms with Gasteiger partial charge in [-0.15, -0.1) is 0 Å². The van der Waals surface area contributed by atoms with Crippen LogP contribution < -0.4 is 5.32 Å². The van der Waals surface area contributed by atoms with Gasteiger partial charge in [0.05, 0.1) is 6.20 Å². The molecule has 5 nitrogen and oxygen atoms in total. The molecule has 0 aromatic carbocycles. The molecule has 0 saturated heterocycles. The minimum absolute atomic E-state index is 0.286. The van der Waals surface area contributed by atoms with Crippen molar-refractivity contribution in [3.05, 3.63) is 24.5 Å². The lowest BCUT2D eigenvalue weighted by Gasteiger charge is -2.36. The molecule has 0 aliphatic heterocycles. The molecule has 1 N–H and O–H groups in total. The molecule has 5 heteroatoms. The molecule has 0 bridgehead atoms. The smallest absolute Gasteiger partial charge is 0.157 e. The van der Waals surface area contributed by atoms with Crippen LogP contribution in [0.2, 0.25) is 0 Å². The molecule has 2 heterocycles. The first kappa shape index (κ1) is 12.4. The molecule has 2 aromatic heterocycles. The molecule has 1 aliphatic rings. The fourth-order valence-corrected chi connectivity index (χ4v) is 2.98. The molecule has 1 saturated carbocycles. The molecular weight excluding hydrogens is 238 g/mol. The number of nitrogens with zero attached hydrogens (tertiary/aromatic N) is 4. The Labute approximate surface area is 113 Å². The zero-order valence-electron chi connectivity index (χ0n) is 11.6. The predicted octanol–water partition coefficient (Wildman–Crippen LogP) is 2.02. The highest BCUT2D eigenvalue weighted by Gasteiger charge is 2.35. The molecule has 0 unspecified atom stereocenters. The Morgan fingerprint density at radius 2 is 2.11 bits per heavy atom. The monoisotopic (exact) mass is 259 g/mol. The van der Waals surface area contributed by atoms with Gasteiger partial charge >= 0.3 is 0 Å². The number of fused-ring (bicyclic) bond motifs is 1. The van der Waals surface area contributed by atoms with Crippen LogP contribution in [0.25, 0.3) is 5.65 Å². The molecular formula is C14H21N5. The van der Waals surface area contributed by atoms with Crippen LogP contribution in [-0.2, 0) is 0 Å². The number of rotatable bonds is 4. The van der Waals surface area contributed by atoms with Gasteiger partial charge in [-0.3, -0.25) is 0 Å². The van der Waals surface area contributed by atoms with Gasteiger partial charge in [0.15, 0.2) is 5.65 Å². The molecule has 1 fully saturated rings. The maximum absolute atomic E-state index is 4.56. The van der Waals surface area contributed by atoms with E-state index in [0.717, 1.165) is 18.0 Å². The van der Waals surface area contributed by atoms with E-state index < -0.39 is 0 Å². The number of anilines is 1. The first-order chi connectivity index (χ1) is 9.20. The van der Waals surface area contributed by atoms with Crippen LogP contribution in [-0.4, -0.2) is 45.7 Å². The second-order valence-corrected chi connectivity index (χ2v) is 5.63. The van der Waals surface area contributed by atoms with Gasteiger partial charge in [-0.05, 0) is 33.0 Å². The average Bonchev–Trinajstić information content (AvgIpc) is 3.05. The Kier molecular flexibility index (Phi) is 3.14. The lowest BCUT2D eigenvalue weighted by Crippen LogP contribution is -2.47. The minimum Gasteiger partial charge on any atom is -0.368 e. The SMILES string of the molecule is CN(C)C1(CNc2ccn3nccc3n2)CCCC1. The zero-order chi connectivity index (χ0) is 13.3. The number of hydrogen-bond donors (Lipinski definition) is 1. The summed E-state index contributed by atoms with van der Waals surface area (Å²) in [6.07, 6.45) is 8.90. The summed E-state index contributed by atoms with van der Waals surface area (Å²) < 4.78 is 1.78. The number of hydrogen-bond acceptors (Lipinski definition) is 4. The molecule has 1 aliphatic carbocycles. The fraction of sp³-hybridized carbons (Fsp3) is 0.571. The second-order valence-electron chi connectivity index (χ2n) is 5.63. The number of aromatic nitrogens is 3. The summed E-state index contributed by atoms with van der Waals surface area (Å²) in [5.74, 6) is 0.932. The maximum Gasteiger partial charge on any atom is 0.157 e. The van der Waals surface area contributed by atoms with Gasteiger partial charge in [0.25, 0.3) is 0 Å². The molecule has 0 amide bonds. The van der Waals surface area contributed by atoms with Crippen molar-refractivity contribution in [2.45, 2.75) is 31.2 Å². The summed E-state index contributed by atoms with van der Waals surface area (Å²) in [5, 5.41) is 7.65. The molecule has 2 aromatic rings. The first-order valence-corrected chi connectivity index (χ1v) is 6.91. The lowest BCUT2D eigenvalue weighted by molar-refractivity contribution is 0.172. The molecule has 0 radical (unpaired) electrons. The normalized spacial score (nSPS) is 18.3. The molecule has 0 spiro atoms. The number of nitrogens with one attached hydrogen (secondary N) is 1. The van der Waals surface area contributed by atoms with Gasteiger partial charge < -0.3 is 10.2 Å². The fourth-order valence-electron chi connectivity index (χ4n) is 2.98. The standard InChI is InChI=1S/C14H21N5/c1-18(2)14(7-3-4-8-14)11-15-12-6-10-19-13(17-12)5-9-16-19/h5-6,9-10H,3-4,7-8,11H2,1-2H3,(H,15,17). The van der Waals surface area contributed by atoms with Crippen LogP contribution in [0, 0.1) is 0 Å². The summed E-state index contributed by atoms with van der Waals surface area (Å²) >= 11 is 0. The van der Waals surface area contributed by atoms with E-state index in [-0.39, 0.29) is 5.54 Å². The Morgan fingerprint density at radius 3 is 2.84 bits per heavy atom. The first-order valence-electron chi connectivity index (χ1n) is 6.91. The highest BCUT2D eigenvalue weighted by atomic mass is 15.2. The largest absolute Gasteiger partial charge is 0.368 e. The van der Waals surface area contributed by atoms with E-state index in [4.69, 9.17) is 0 Å². The van der Waals surface area contributed by atoms with Crippen LogP contribution in [0.1, 0.15) is 25.7 Å². The highest BCUT2D eigenvalue weighted by molar-refractivity contribution is 5.45. The van der Waals surface area contributed by atoms with Gasteiger partial charge in [-0.25, -0.2) is 9.50 Å². The Hall–Kier alpha value is -1.62. The Balaban J connectivity index is 1.74. The van der Waals surface area contributed by atoms with E-state index in [2.05, 4.69) is 34.4 Å². The average molecular weight is 259 g/mol. The summed E-state index contributed by atoms with van der Waals surface area (Å²) in [6.45, 7) is 0.956. The van der Waals surface area contributed by atoms with Gasteiger partial charge in [-0.2, -0.15) is 5.10 Å². The van der Waals surface area contributed by atoms with Crippen LogP contribution in [0.4, 0.5) is 5.82 Å². The van der Waals surface area contributed by atoms with Crippen molar-refractivity contribution < 1.29 is 0 Å². The van der Waals surface area contributed by atoms with Gasteiger partial charge in [0.2, 0.25) is 0 Å². The van der Waals surface area contributed by atoms with Crippen molar-refractivity contribution in [2.75, 3.05) is 26.0 Å². The van der Waals surface area contributed by atoms with E-state index in [1.807, 2.05) is 18.3 Å². The van der Waals surface area contributed by atoms with Crippen molar-refractivity contribution in [2.24, 2.45) is 0 Å².